The molecule has 0 aromatic carbocycles. The molecule has 0 bridgehead atoms. The van der Waals surface area contributed by atoms with E-state index in [9.17, 15) is 25.2 Å². The van der Waals surface area contributed by atoms with Crippen LogP contribution in [0.2, 0.25) is 0 Å². The van der Waals surface area contributed by atoms with E-state index >= 15 is 0 Å². The van der Waals surface area contributed by atoms with Crippen LogP contribution in [0.3, 0.4) is 0 Å². The number of hydrogen-bond acceptors (Lipinski definition) is 12. The third-order valence-corrected chi connectivity index (χ3v) is 20.1. The minimum atomic E-state index is -0.411. The summed E-state index contributed by atoms with van der Waals surface area (Å²) in [6, 6.07) is 0. The fraction of sp³-hybridized carbons (Fsp3) is 0.882. The SMILES string of the molecule is CCCCC/C=C\C/C=C\CCCCCC[C@@H](O)CN(CCCCC(=O)OCCN1CCN(CCSSCCCN(CC(O)CCCCCCCCCC)CC(O)CCCCCCCCCC)CC1)C[C@H](O)CCCCCC/C=C\C/C=C\CCCCC. The molecule has 1 saturated heterocycles. The summed E-state index contributed by atoms with van der Waals surface area (Å²) in [5.74, 6) is 2.06. The maximum absolute atomic E-state index is 12.9. The Balaban J connectivity index is 2.42. The van der Waals surface area contributed by atoms with E-state index < -0.39 is 12.2 Å². The quantitative estimate of drug-likeness (QED) is 0.0201. The van der Waals surface area contributed by atoms with Crippen molar-refractivity contribution < 1.29 is 30.0 Å². The van der Waals surface area contributed by atoms with Crippen molar-refractivity contribution in [3.8, 4) is 0 Å². The molecule has 2 unspecified atom stereocenters. The van der Waals surface area contributed by atoms with E-state index in [1.807, 2.05) is 21.6 Å². The second kappa shape index (κ2) is 67.2. The number of carbonyl (C=O) groups is 1. The molecule has 0 radical (unpaired) electrons. The first kappa shape index (κ1) is 84.8. The molecule has 88 heavy (non-hydrogen) atoms. The van der Waals surface area contributed by atoms with Gasteiger partial charge in [0.25, 0.3) is 0 Å². The lowest BCUT2D eigenvalue weighted by Gasteiger charge is -2.34. The number of nitrogens with zero attached hydrogens (tertiary/aromatic N) is 4. The zero-order chi connectivity index (χ0) is 63.7. The molecule has 0 aliphatic carbocycles. The molecule has 1 heterocycles. The molecule has 0 spiro atoms. The van der Waals surface area contributed by atoms with Gasteiger partial charge in [0, 0.05) is 83.4 Å². The van der Waals surface area contributed by atoms with Gasteiger partial charge in [0.2, 0.25) is 0 Å². The number of ether oxygens (including phenoxy) is 1. The van der Waals surface area contributed by atoms with Gasteiger partial charge in [-0.15, -0.1) is 0 Å². The third kappa shape index (κ3) is 59.8. The van der Waals surface area contributed by atoms with Crippen LogP contribution >= 0.6 is 21.6 Å². The predicted molar refractivity (Wildman–Crippen MR) is 388 cm³/mol. The summed E-state index contributed by atoms with van der Waals surface area (Å²) in [6.07, 6.45) is 67.4. The lowest BCUT2D eigenvalue weighted by molar-refractivity contribution is -0.144. The van der Waals surface area contributed by atoms with Crippen LogP contribution in [0.4, 0.5) is 0 Å². The highest BCUT2D eigenvalue weighted by molar-refractivity contribution is 8.76. The molecule has 4 N–H and O–H groups in total. The van der Waals surface area contributed by atoms with E-state index in [0.29, 0.717) is 39.2 Å². The highest BCUT2D eigenvalue weighted by Crippen LogP contribution is 2.23. The van der Waals surface area contributed by atoms with Crippen LogP contribution in [0, 0.1) is 0 Å². The monoisotopic (exact) mass is 1280 g/mol. The van der Waals surface area contributed by atoms with Crippen molar-refractivity contribution >= 4 is 27.6 Å². The first-order chi connectivity index (χ1) is 43.2. The Morgan fingerprint density at radius 1 is 0.386 bits per heavy atom. The minimum absolute atomic E-state index is 0.124. The van der Waals surface area contributed by atoms with Crippen LogP contribution < -0.4 is 0 Å². The van der Waals surface area contributed by atoms with Gasteiger partial charge in [-0.2, -0.15) is 0 Å². The topological polar surface area (TPSA) is 120 Å². The molecule has 518 valence electrons. The fourth-order valence-corrected chi connectivity index (χ4v) is 14.1. The summed E-state index contributed by atoms with van der Waals surface area (Å²) in [6.45, 7) is 19.6. The summed E-state index contributed by atoms with van der Waals surface area (Å²) in [7, 11) is 3.94. The summed E-state index contributed by atoms with van der Waals surface area (Å²) in [5.41, 5.74) is 0. The zero-order valence-electron chi connectivity index (χ0n) is 58.4. The molecule has 0 aromatic rings. The van der Waals surface area contributed by atoms with Gasteiger partial charge in [-0.05, 0) is 122 Å². The molecule has 0 aromatic heterocycles. The highest BCUT2D eigenvalue weighted by atomic mass is 33.1. The van der Waals surface area contributed by atoms with E-state index in [1.165, 1.54) is 167 Å². The lowest BCUT2D eigenvalue weighted by atomic mass is 10.0. The summed E-state index contributed by atoms with van der Waals surface area (Å²) < 4.78 is 5.74. The third-order valence-electron chi connectivity index (χ3n) is 17.7. The molecular formula is C76H146N4O6S2. The van der Waals surface area contributed by atoms with E-state index in [-0.39, 0.29) is 18.2 Å². The highest BCUT2D eigenvalue weighted by Gasteiger charge is 2.20. The largest absolute Gasteiger partial charge is 0.464 e. The average molecular weight is 1280 g/mol. The van der Waals surface area contributed by atoms with Gasteiger partial charge in [0.15, 0.2) is 0 Å². The van der Waals surface area contributed by atoms with Gasteiger partial charge < -0.3 is 25.2 Å². The zero-order valence-corrected chi connectivity index (χ0v) is 60.0. The Bertz CT molecular complexity index is 1480. The van der Waals surface area contributed by atoms with Crippen LogP contribution in [0.25, 0.3) is 0 Å². The fourth-order valence-electron chi connectivity index (χ4n) is 12.0. The Kier molecular flexibility index (Phi) is 64.8. The second-order valence-electron chi connectivity index (χ2n) is 26.4. The van der Waals surface area contributed by atoms with E-state index in [2.05, 4.69) is 95.9 Å². The number of allylic oxidation sites excluding steroid dienone is 8. The second-order valence-corrected chi connectivity index (χ2v) is 29.1. The number of piperazine rings is 1. The number of hydrogen-bond donors (Lipinski definition) is 4. The van der Waals surface area contributed by atoms with Gasteiger partial charge >= 0.3 is 5.97 Å². The molecule has 12 heteroatoms. The van der Waals surface area contributed by atoms with Crippen LogP contribution in [0.1, 0.15) is 310 Å². The molecule has 4 atom stereocenters. The van der Waals surface area contributed by atoms with E-state index in [0.717, 1.165) is 173 Å². The first-order valence-electron chi connectivity index (χ1n) is 37.8. The number of esters is 1. The lowest BCUT2D eigenvalue weighted by Crippen LogP contribution is -2.47. The smallest absolute Gasteiger partial charge is 0.305 e. The summed E-state index contributed by atoms with van der Waals surface area (Å²) in [4.78, 5) is 22.5. The van der Waals surface area contributed by atoms with Gasteiger partial charge in [-0.3, -0.25) is 24.4 Å². The molecule has 10 nitrogen and oxygen atoms in total. The maximum Gasteiger partial charge on any atom is 0.305 e. The van der Waals surface area contributed by atoms with Crippen molar-refractivity contribution in [2.75, 3.05) is 96.6 Å². The van der Waals surface area contributed by atoms with Crippen molar-refractivity contribution in [2.45, 2.75) is 335 Å². The molecule has 1 aliphatic rings. The van der Waals surface area contributed by atoms with Gasteiger partial charge in [0.1, 0.15) is 6.61 Å². The van der Waals surface area contributed by atoms with Gasteiger partial charge in [0.05, 0.1) is 24.4 Å². The van der Waals surface area contributed by atoms with Crippen molar-refractivity contribution in [3.05, 3.63) is 48.6 Å². The van der Waals surface area contributed by atoms with Gasteiger partial charge in [-0.25, -0.2) is 0 Å². The van der Waals surface area contributed by atoms with Crippen LogP contribution in [-0.4, -0.2) is 167 Å². The first-order valence-corrected chi connectivity index (χ1v) is 40.3. The van der Waals surface area contributed by atoms with Crippen molar-refractivity contribution in [1.82, 2.24) is 19.6 Å². The van der Waals surface area contributed by atoms with Crippen molar-refractivity contribution in [1.29, 1.82) is 0 Å². The maximum atomic E-state index is 12.9. The van der Waals surface area contributed by atoms with Crippen molar-refractivity contribution in [2.24, 2.45) is 0 Å². The van der Waals surface area contributed by atoms with Crippen molar-refractivity contribution in [3.63, 3.8) is 0 Å². The number of rotatable bonds is 68. The molecule has 1 rings (SSSR count). The summed E-state index contributed by atoms with van der Waals surface area (Å²) in [5, 5.41) is 44.4. The Morgan fingerprint density at radius 2 is 0.705 bits per heavy atom. The number of carbonyl (C=O) groups excluding carboxylic acids is 1. The molecule has 1 fully saturated rings. The molecular weight excluding hydrogens is 1130 g/mol. The Labute approximate surface area is 553 Å². The standard InChI is InChI=1S/C76H146N4O6S2/c1-5-9-13-17-21-25-27-29-31-33-35-39-43-47-52-72(81)68-79(69-73(82)53-48-44-40-36-34-32-30-28-26-22-18-14-10-6-2)57-50-49-56-76(85)86-65-63-77-59-61-78(62-60-77)64-67-88-87-66-51-58-80(70-74(83)54-45-41-37-23-19-15-11-7-3)71-75(84)55-46-42-38-24-20-16-12-8-4/h21-22,25-26,29-32,72-75,81-84H,5-20,23-24,27-28,33-71H2,1-4H3/b25-21-,26-22-,31-29-,32-30-/t72-,73-,74?,75?/m1/s1. The van der Waals surface area contributed by atoms with E-state index in [1.54, 1.807) is 0 Å². The average Bonchev–Trinajstić information content (AvgIpc) is 3.71. The minimum Gasteiger partial charge on any atom is -0.464 e. The van der Waals surface area contributed by atoms with Crippen LogP contribution in [0.5, 0.6) is 0 Å². The number of aliphatic hydroxyl groups is 4. The summed E-state index contributed by atoms with van der Waals surface area (Å²) >= 11 is 0. The van der Waals surface area contributed by atoms with E-state index in [4.69, 9.17) is 4.74 Å². The number of aliphatic hydroxyl groups excluding tert-OH is 4. The molecule has 0 amide bonds. The number of unbranched alkanes of at least 4 members (excludes halogenated alkanes) is 29. The Morgan fingerprint density at radius 3 is 1.10 bits per heavy atom. The molecule has 1 aliphatic heterocycles. The van der Waals surface area contributed by atoms with Crippen LogP contribution in [-0.2, 0) is 9.53 Å². The molecule has 0 saturated carbocycles. The Hall–Kier alpha value is -1.19. The predicted octanol–water partition coefficient (Wildman–Crippen LogP) is 19.0. The van der Waals surface area contributed by atoms with Crippen LogP contribution in [0.15, 0.2) is 48.6 Å². The van der Waals surface area contributed by atoms with Gasteiger partial charge in [-0.1, -0.05) is 265 Å². The normalized spacial score (nSPS) is 15.2.